The van der Waals surface area contributed by atoms with Gasteiger partial charge in [-0.25, -0.2) is 9.37 Å². The molecule has 0 N–H and O–H groups in total. The highest BCUT2D eigenvalue weighted by Crippen LogP contribution is 2.27. The van der Waals surface area contributed by atoms with Crippen molar-refractivity contribution in [2.24, 2.45) is 5.41 Å². The van der Waals surface area contributed by atoms with Gasteiger partial charge in [0.2, 0.25) is 0 Å². The van der Waals surface area contributed by atoms with E-state index in [2.05, 4.69) is 11.1 Å². The highest BCUT2D eigenvalue weighted by atomic mass is 32.1. The molecule has 1 aromatic heterocycles. The van der Waals surface area contributed by atoms with E-state index in [0.717, 1.165) is 16.3 Å². The summed E-state index contributed by atoms with van der Waals surface area (Å²) in [7, 11) is 0. The number of thiazole rings is 1. The molecule has 0 unspecified atom stereocenters. The maximum absolute atomic E-state index is 12.8. The Morgan fingerprint density at radius 3 is 2.61 bits per heavy atom. The predicted octanol–water partition coefficient (Wildman–Crippen LogP) is 4.04. The second kappa shape index (κ2) is 4.87. The normalized spacial score (nSPS) is 11.2. The summed E-state index contributed by atoms with van der Waals surface area (Å²) in [6.45, 7) is 3.79. The van der Waals surface area contributed by atoms with Crippen LogP contribution in [0.4, 0.5) is 4.39 Å². The van der Waals surface area contributed by atoms with Crippen LogP contribution in [0.3, 0.4) is 0 Å². The Morgan fingerprint density at radius 1 is 1.33 bits per heavy atom. The summed E-state index contributed by atoms with van der Waals surface area (Å²) in [6.07, 6.45) is 0.634. The number of benzene rings is 1. The second-order valence-corrected chi connectivity index (χ2v) is 5.75. The van der Waals surface area contributed by atoms with Crippen LogP contribution in [-0.4, -0.2) is 4.98 Å². The SMILES string of the molecule is CC(C)(C#N)Cc1nc(-c2ccc(F)cc2)cs1. The molecule has 2 aromatic rings. The molecule has 0 atom stereocenters. The Hall–Kier alpha value is -1.73. The summed E-state index contributed by atoms with van der Waals surface area (Å²) >= 11 is 1.53. The van der Waals surface area contributed by atoms with Gasteiger partial charge in [0, 0.05) is 17.4 Å². The molecule has 92 valence electrons. The van der Waals surface area contributed by atoms with Gasteiger partial charge in [0.05, 0.1) is 22.2 Å². The van der Waals surface area contributed by atoms with Gasteiger partial charge in [-0.05, 0) is 38.1 Å². The minimum Gasteiger partial charge on any atom is -0.241 e. The Bertz CT molecular complexity index is 579. The average Bonchev–Trinajstić information content (AvgIpc) is 2.78. The molecular formula is C14H13FN2S. The third-order valence-corrected chi connectivity index (χ3v) is 3.44. The van der Waals surface area contributed by atoms with Crippen molar-refractivity contribution in [1.82, 2.24) is 4.98 Å². The predicted molar refractivity (Wildman–Crippen MR) is 70.6 cm³/mol. The van der Waals surface area contributed by atoms with Crippen LogP contribution in [0.1, 0.15) is 18.9 Å². The summed E-state index contributed by atoms with van der Waals surface area (Å²) in [5.74, 6) is -0.250. The first-order valence-corrected chi connectivity index (χ1v) is 6.50. The molecule has 0 aliphatic carbocycles. The summed E-state index contributed by atoms with van der Waals surface area (Å²) in [6, 6.07) is 8.54. The van der Waals surface area contributed by atoms with Crippen LogP contribution in [0.5, 0.6) is 0 Å². The number of hydrogen-bond donors (Lipinski definition) is 0. The first-order valence-electron chi connectivity index (χ1n) is 5.62. The summed E-state index contributed by atoms with van der Waals surface area (Å²) < 4.78 is 12.8. The van der Waals surface area contributed by atoms with Gasteiger partial charge in [0.25, 0.3) is 0 Å². The quantitative estimate of drug-likeness (QED) is 0.835. The zero-order chi connectivity index (χ0) is 13.2. The molecule has 0 bridgehead atoms. The largest absolute Gasteiger partial charge is 0.241 e. The molecule has 0 aliphatic rings. The van der Waals surface area contributed by atoms with Crippen molar-refractivity contribution < 1.29 is 4.39 Å². The van der Waals surface area contributed by atoms with Gasteiger partial charge in [-0.15, -0.1) is 11.3 Å². The van der Waals surface area contributed by atoms with Gasteiger partial charge in [0.1, 0.15) is 5.82 Å². The second-order valence-electron chi connectivity index (χ2n) is 4.81. The highest BCUT2D eigenvalue weighted by Gasteiger charge is 2.19. The summed E-state index contributed by atoms with van der Waals surface area (Å²) in [5, 5.41) is 11.9. The summed E-state index contributed by atoms with van der Waals surface area (Å²) in [5.41, 5.74) is 1.33. The third kappa shape index (κ3) is 2.93. The van der Waals surface area contributed by atoms with Crippen molar-refractivity contribution in [2.75, 3.05) is 0 Å². The molecule has 0 aliphatic heterocycles. The van der Waals surface area contributed by atoms with E-state index < -0.39 is 5.41 Å². The van der Waals surface area contributed by atoms with Crippen LogP contribution in [0.2, 0.25) is 0 Å². The highest BCUT2D eigenvalue weighted by molar-refractivity contribution is 7.09. The molecule has 0 amide bonds. The molecule has 0 spiro atoms. The van der Waals surface area contributed by atoms with Gasteiger partial charge in [-0.2, -0.15) is 5.26 Å². The van der Waals surface area contributed by atoms with Crippen LogP contribution in [0, 0.1) is 22.6 Å². The molecule has 1 aromatic carbocycles. The molecule has 2 rings (SSSR count). The van der Waals surface area contributed by atoms with Crippen LogP contribution >= 0.6 is 11.3 Å². The number of aromatic nitrogens is 1. The van der Waals surface area contributed by atoms with Crippen molar-refractivity contribution in [1.29, 1.82) is 5.26 Å². The van der Waals surface area contributed by atoms with Crippen LogP contribution in [0.25, 0.3) is 11.3 Å². The van der Waals surface area contributed by atoms with Crippen molar-refractivity contribution in [3.8, 4) is 17.3 Å². The van der Waals surface area contributed by atoms with E-state index in [1.165, 1.54) is 23.5 Å². The lowest BCUT2D eigenvalue weighted by molar-refractivity contribution is 0.492. The fourth-order valence-corrected chi connectivity index (χ4v) is 2.59. The standard InChI is InChI=1S/C14H13FN2S/c1-14(2,9-16)7-13-17-12(8-18-13)10-3-5-11(15)6-4-10/h3-6,8H,7H2,1-2H3. The zero-order valence-electron chi connectivity index (χ0n) is 10.3. The van der Waals surface area contributed by atoms with E-state index in [4.69, 9.17) is 5.26 Å². The molecule has 0 saturated heterocycles. The lowest BCUT2D eigenvalue weighted by atomic mass is 9.92. The summed E-state index contributed by atoms with van der Waals surface area (Å²) in [4.78, 5) is 4.49. The Morgan fingerprint density at radius 2 is 2.00 bits per heavy atom. The van der Waals surface area contributed by atoms with Crippen molar-refractivity contribution in [2.45, 2.75) is 20.3 Å². The third-order valence-electron chi connectivity index (χ3n) is 2.59. The van der Waals surface area contributed by atoms with Crippen LogP contribution in [0.15, 0.2) is 29.6 Å². The molecule has 1 heterocycles. The molecular weight excluding hydrogens is 247 g/mol. The number of nitrogens with zero attached hydrogens (tertiary/aromatic N) is 2. The van der Waals surface area contributed by atoms with Crippen LogP contribution in [-0.2, 0) is 6.42 Å². The molecule has 0 radical (unpaired) electrons. The van der Waals surface area contributed by atoms with Crippen molar-refractivity contribution in [3.05, 3.63) is 40.5 Å². The number of hydrogen-bond acceptors (Lipinski definition) is 3. The van der Waals surface area contributed by atoms with E-state index >= 15 is 0 Å². The lowest BCUT2D eigenvalue weighted by Crippen LogP contribution is -2.11. The molecule has 4 heteroatoms. The Kier molecular flexibility index (Phi) is 3.44. The fraction of sp³-hybridized carbons (Fsp3) is 0.286. The van der Waals surface area contributed by atoms with E-state index in [1.807, 2.05) is 19.2 Å². The van der Waals surface area contributed by atoms with E-state index in [1.54, 1.807) is 12.1 Å². The monoisotopic (exact) mass is 260 g/mol. The number of nitriles is 1. The Labute approximate surface area is 110 Å². The first-order chi connectivity index (χ1) is 8.50. The van der Waals surface area contributed by atoms with Crippen molar-refractivity contribution in [3.63, 3.8) is 0 Å². The van der Waals surface area contributed by atoms with Crippen LogP contribution < -0.4 is 0 Å². The van der Waals surface area contributed by atoms with E-state index in [9.17, 15) is 4.39 Å². The van der Waals surface area contributed by atoms with Gasteiger partial charge < -0.3 is 0 Å². The molecule has 0 saturated carbocycles. The fourth-order valence-electron chi connectivity index (χ4n) is 1.56. The molecule has 2 nitrogen and oxygen atoms in total. The first kappa shape index (κ1) is 12.7. The minimum absolute atomic E-state index is 0.250. The molecule has 18 heavy (non-hydrogen) atoms. The van der Waals surface area contributed by atoms with Gasteiger partial charge >= 0.3 is 0 Å². The topological polar surface area (TPSA) is 36.7 Å². The molecule has 0 fully saturated rings. The van der Waals surface area contributed by atoms with Gasteiger partial charge in [-0.1, -0.05) is 0 Å². The van der Waals surface area contributed by atoms with Gasteiger partial charge in [0.15, 0.2) is 0 Å². The Balaban J connectivity index is 2.21. The van der Waals surface area contributed by atoms with Gasteiger partial charge in [-0.3, -0.25) is 0 Å². The van der Waals surface area contributed by atoms with Crippen molar-refractivity contribution >= 4 is 11.3 Å². The van der Waals surface area contributed by atoms with E-state index in [-0.39, 0.29) is 5.82 Å². The number of rotatable bonds is 3. The average molecular weight is 260 g/mol. The minimum atomic E-state index is -0.405. The maximum Gasteiger partial charge on any atom is 0.123 e. The van der Waals surface area contributed by atoms with E-state index in [0.29, 0.717) is 6.42 Å². The number of halogens is 1. The lowest BCUT2D eigenvalue weighted by Gasteiger charge is -2.11. The smallest absolute Gasteiger partial charge is 0.123 e. The maximum atomic E-state index is 12.8. The zero-order valence-corrected chi connectivity index (χ0v) is 11.1.